The Morgan fingerprint density at radius 2 is 1.76 bits per heavy atom. The zero-order chi connectivity index (χ0) is 24.5. The molecule has 8 heteroatoms. The largest absolute Gasteiger partial charge is 0.495 e. The molecule has 0 saturated carbocycles. The molecule has 1 heterocycles. The van der Waals surface area contributed by atoms with Crippen LogP contribution in [-0.2, 0) is 10.0 Å². The van der Waals surface area contributed by atoms with Crippen LogP contribution in [0.4, 0.5) is 5.69 Å². The van der Waals surface area contributed by atoms with Gasteiger partial charge in [0.1, 0.15) is 10.6 Å². The van der Waals surface area contributed by atoms with Crippen LogP contribution < -0.4 is 14.4 Å². The topological polar surface area (TPSA) is 75.7 Å². The molecule has 0 fully saturated rings. The number of hydrogen-bond acceptors (Lipinski definition) is 5. The van der Waals surface area contributed by atoms with Crippen molar-refractivity contribution in [2.45, 2.75) is 24.8 Å². The molecule has 0 aliphatic rings. The Morgan fingerprint density at radius 3 is 2.47 bits per heavy atom. The maximum atomic E-state index is 13.4. The standard InChI is InChI=1S/C26H26N2O4S2/c1-17-10-12-22(32-4)25(14-17)34(30,31)28(3)21-11-13-23-20(15-21)16-24(33-23)26(29)27-18(2)19-8-6-5-7-9-19/h5-16,18H,1-4H3,(H,27,29)/t18-/m1/s1. The smallest absolute Gasteiger partial charge is 0.267 e. The molecule has 4 rings (SSSR count). The summed E-state index contributed by atoms with van der Waals surface area (Å²) in [4.78, 5) is 13.5. The molecular weight excluding hydrogens is 468 g/mol. The van der Waals surface area contributed by atoms with Crippen molar-refractivity contribution >= 4 is 43.0 Å². The number of hydrogen-bond donors (Lipinski definition) is 1. The van der Waals surface area contributed by atoms with Crippen molar-refractivity contribution in [3.8, 4) is 5.75 Å². The van der Waals surface area contributed by atoms with Crippen LogP contribution in [0.5, 0.6) is 5.75 Å². The summed E-state index contributed by atoms with van der Waals surface area (Å²) in [7, 11) is -0.885. The van der Waals surface area contributed by atoms with Gasteiger partial charge in [0.15, 0.2) is 0 Å². The molecule has 4 aromatic rings. The lowest BCUT2D eigenvalue weighted by Crippen LogP contribution is -2.27. The van der Waals surface area contributed by atoms with Crippen molar-refractivity contribution in [1.29, 1.82) is 0 Å². The molecular formula is C26H26N2O4S2. The quantitative estimate of drug-likeness (QED) is 0.366. The van der Waals surface area contributed by atoms with Crippen molar-refractivity contribution in [2.75, 3.05) is 18.5 Å². The van der Waals surface area contributed by atoms with Crippen molar-refractivity contribution in [3.05, 3.63) is 88.8 Å². The van der Waals surface area contributed by atoms with Crippen LogP contribution in [0.1, 0.15) is 33.8 Å². The summed E-state index contributed by atoms with van der Waals surface area (Å²) in [5.41, 5.74) is 2.34. The number of carbonyl (C=O) groups excluding carboxylic acids is 1. The van der Waals surface area contributed by atoms with Crippen molar-refractivity contribution in [2.24, 2.45) is 0 Å². The summed E-state index contributed by atoms with van der Waals surface area (Å²) >= 11 is 1.37. The molecule has 1 amide bonds. The highest BCUT2D eigenvalue weighted by molar-refractivity contribution is 7.93. The van der Waals surface area contributed by atoms with Crippen LogP contribution in [0, 0.1) is 6.92 Å². The molecule has 1 atom stereocenters. The molecule has 34 heavy (non-hydrogen) atoms. The average Bonchev–Trinajstić information content (AvgIpc) is 3.27. The lowest BCUT2D eigenvalue weighted by atomic mass is 10.1. The van der Waals surface area contributed by atoms with Gasteiger partial charge in [-0.15, -0.1) is 11.3 Å². The van der Waals surface area contributed by atoms with Gasteiger partial charge in [0, 0.05) is 11.7 Å². The van der Waals surface area contributed by atoms with Crippen LogP contribution in [0.2, 0.25) is 0 Å². The molecule has 1 aromatic heterocycles. The Kier molecular flexibility index (Phi) is 6.63. The van der Waals surface area contributed by atoms with Crippen molar-refractivity contribution in [3.63, 3.8) is 0 Å². The molecule has 1 N–H and O–H groups in total. The van der Waals surface area contributed by atoms with E-state index in [1.54, 1.807) is 36.4 Å². The number of carbonyl (C=O) groups is 1. The number of methoxy groups -OCH3 is 1. The highest BCUT2D eigenvalue weighted by Crippen LogP contribution is 2.33. The minimum absolute atomic E-state index is 0.109. The van der Waals surface area contributed by atoms with Crippen molar-refractivity contribution in [1.82, 2.24) is 5.32 Å². The van der Waals surface area contributed by atoms with Gasteiger partial charge in [-0.3, -0.25) is 9.10 Å². The van der Waals surface area contributed by atoms with E-state index in [4.69, 9.17) is 4.74 Å². The first-order chi connectivity index (χ1) is 16.2. The number of sulfonamides is 1. The minimum atomic E-state index is -3.85. The summed E-state index contributed by atoms with van der Waals surface area (Å²) in [5.74, 6) is 0.130. The van der Waals surface area contributed by atoms with Gasteiger partial charge in [-0.25, -0.2) is 8.42 Å². The lowest BCUT2D eigenvalue weighted by molar-refractivity contribution is 0.0944. The number of nitrogens with zero attached hydrogens (tertiary/aromatic N) is 1. The number of amides is 1. The predicted molar refractivity (Wildman–Crippen MR) is 137 cm³/mol. The molecule has 0 bridgehead atoms. The summed E-state index contributed by atoms with van der Waals surface area (Å²) in [6.45, 7) is 3.78. The molecule has 176 valence electrons. The molecule has 0 aliphatic carbocycles. The number of aryl methyl sites for hydroxylation is 1. The van der Waals surface area contributed by atoms with E-state index in [0.717, 1.165) is 21.2 Å². The monoisotopic (exact) mass is 494 g/mol. The van der Waals surface area contributed by atoms with E-state index < -0.39 is 10.0 Å². The fourth-order valence-corrected chi connectivity index (χ4v) is 6.08. The Labute approximate surface area is 203 Å². The Balaban J connectivity index is 1.61. The molecule has 0 radical (unpaired) electrons. The van der Waals surface area contributed by atoms with Gasteiger partial charge in [0.2, 0.25) is 0 Å². The normalized spacial score (nSPS) is 12.4. The van der Waals surface area contributed by atoms with E-state index in [-0.39, 0.29) is 16.8 Å². The SMILES string of the molecule is COc1ccc(C)cc1S(=O)(=O)N(C)c1ccc2sc(C(=O)N[C@H](C)c3ccccc3)cc2c1. The predicted octanol–water partition coefficient (Wildman–Crippen LogP) is 5.53. The second kappa shape index (κ2) is 9.48. The highest BCUT2D eigenvalue weighted by atomic mass is 32.2. The van der Waals surface area contributed by atoms with E-state index in [1.165, 1.54) is 29.8 Å². The average molecular weight is 495 g/mol. The van der Waals surface area contributed by atoms with Gasteiger partial charge in [-0.1, -0.05) is 36.4 Å². The number of benzene rings is 3. The van der Waals surface area contributed by atoms with E-state index in [9.17, 15) is 13.2 Å². The zero-order valence-corrected chi connectivity index (χ0v) is 21.0. The Hall–Kier alpha value is -3.36. The van der Waals surface area contributed by atoms with E-state index >= 15 is 0 Å². The Bertz CT molecular complexity index is 1450. The second-order valence-corrected chi connectivity index (χ2v) is 11.1. The third-order valence-electron chi connectivity index (χ3n) is 5.69. The number of fused-ring (bicyclic) bond motifs is 1. The molecule has 0 spiro atoms. The van der Waals surface area contributed by atoms with Crippen LogP contribution in [0.3, 0.4) is 0 Å². The number of nitrogens with one attached hydrogen (secondary N) is 1. The van der Waals surface area contributed by atoms with Crippen LogP contribution in [-0.4, -0.2) is 28.5 Å². The molecule has 6 nitrogen and oxygen atoms in total. The summed E-state index contributed by atoms with van der Waals surface area (Å²) in [5, 5.41) is 3.83. The van der Waals surface area contributed by atoms with Gasteiger partial charge in [-0.2, -0.15) is 0 Å². The summed E-state index contributed by atoms with van der Waals surface area (Å²) in [6, 6.07) is 21.9. The molecule has 3 aromatic carbocycles. The number of anilines is 1. The fraction of sp³-hybridized carbons (Fsp3) is 0.192. The van der Waals surface area contributed by atoms with Crippen LogP contribution >= 0.6 is 11.3 Å². The first kappa shape index (κ1) is 23.8. The van der Waals surface area contributed by atoms with Gasteiger partial charge < -0.3 is 10.1 Å². The van der Waals surface area contributed by atoms with E-state index in [0.29, 0.717) is 16.3 Å². The van der Waals surface area contributed by atoms with Gasteiger partial charge >= 0.3 is 0 Å². The van der Waals surface area contributed by atoms with E-state index in [2.05, 4.69) is 5.32 Å². The number of thiophene rings is 1. The van der Waals surface area contributed by atoms with Crippen LogP contribution in [0.25, 0.3) is 10.1 Å². The minimum Gasteiger partial charge on any atom is -0.495 e. The second-order valence-electron chi connectivity index (χ2n) is 8.07. The van der Waals surface area contributed by atoms with Gasteiger partial charge in [-0.05, 0) is 66.8 Å². The lowest BCUT2D eigenvalue weighted by Gasteiger charge is -2.21. The van der Waals surface area contributed by atoms with E-state index in [1.807, 2.05) is 50.2 Å². The van der Waals surface area contributed by atoms with Gasteiger partial charge in [0.25, 0.3) is 15.9 Å². The summed E-state index contributed by atoms with van der Waals surface area (Å²) < 4.78 is 34.1. The third kappa shape index (κ3) is 4.64. The van der Waals surface area contributed by atoms with Crippen molar-refractivity contribution < 1.29 is 17.9 Å². The molecule has 0 unspecified atom stereocenters. The van der Waals surface area contributed by atoms with Crippen LogP contribution in [0.15, 0.2) is 77.7 Å². The number of rotatable bonds is 7. The highest BCUT2D eigenvalue weighted by Gasteiger charge is 2.26. The fourth-order valence-electron chi connectivity index (χ4n) is 3.70. The summed E-state index contributed by atoms with van der Waals surface area (Å²) in [6.07, 6.45) is 0. The number of ether oxygens (including phenoxy) is 1. The maximum absolute atomic E-state index is 13.4. The first-order valence-corrected chi connectivity index (χ1v) is 13.0. The first-order valence-electron chi connectivity index (χ1n) is 10.7. The van der Waals surface area contributed by atoms with Gasteiger partial charge in [0.05, 0.1) is 23.7 Å². The molecule has 0 saturated heterocycles. The third-order valence-corrected chi connectivity index (χ3v) is 8.61. The molecule has 0 aliphatic heterocycles. The maximum Gasteiger partial charge on any atom is 0.267 e. The zero-order valence-electron chi connectivity index (χ0n) is 19.4. The Morgan fingerprint density at radius 1 is 1.03 bits per heavy atom.